The number of halogens is 2. The highest BCUT2D eigenvalue weighted by Gasteiger charge is 2.13. The number of nitrogens with zero attached hydrogens (tertiary/aromatic N) is 1. The summed E-state index contributed by atoms with van der Waals surface area (Å²) >= 11 is 0. The summed E-state index contributed by atoms with van der Waals surface area (Å²) in [5.74, 6) is -1.54. The minimum Gasteiger partial charge on any atom is -0.479 e. The maximum absolute atomic E-state index is 13.9. The Balaban J connectivity index is 1.96. The Morgan fingerprint density at radius 2 is 2.05 bits per heavy atom. The van der Waals surface area contributed by atoms with Crippen LogP contribution in [0.1, 0.15) is 11.3 Å². The molecule has 0 saturated carbocycles. The summed E-state index contributed by atoms with van der Waals surface area (Å²) in [6.45, 7) is 1.39. The Morgan fingerprint density at radius 1 is 1.29 bits per heavy atom. The Labute approximate surface area is 120 Å². The summed E-state index contributed by atoms with van der Waals surface area (Å²) in [5.41, 5.74) is 0.494. The Morgan fingerprint density at radius 3 is 2.67 bits per heavy atom. The molecule has 1 N–H and O–H groups in total. The lowest BCUT2D eigenvalue weighted by molar-refractivity contribution is 0.199. The van der Waals surface area contributed by atoms with Crippen molar-refractivity contribution in [3.8, 4) is 5.75 Å². The monoisotopic (exact) mass is 298 g/mol. The molecule has 114 valence electrons. The fourth-order valence-electron chi connectivity index (χ4n) is 1.72. The summed E-state index contributed by atoms with van der Waals surface area (Å²) in [7, 11) is 1.59. The standard InChI is InChI=1S/C14H16F2N2O3/c1-19-5-4-17-8-10-6-12(15)14(13(16)7-10)20-9-11-2-3-18-21-11/h2-3,6-7,17H,4-5,8-9H2,1H3. The minimum atomic E-state index is -0.752. The van der Waals surface area contributed by atoms with Crippen molar-refractivity contribution >= 4 is 0 Å². The van der Waals surface area contributed by atoms with Crippen LogP contribution in [-0.4, -0.2) is 25.4 Å². The van der Waals surface area contributed by atoms with Crippen molar-refractivity contribution in [1.29, 1.82) is 0 Å². The van der Waals surface area contributed by atoms with Crippen molar-refractivity contribution < 1.29 is 22.8 Å². The minimum absolute atomic E-state index is 0.0841. The Bertz CT molecular complexity index is 538. The molecule has 0 amide bonds. The molecule has 0 aliphatic carbocycles. The smallest absolute Gasteiger partial charge is 0.191 e. The first kappa shape index (κ1) is 15.4. The number of hydrogen-bond acceptors (Lipinski definition) is 5. The van der Waals surface area contributed by atoms with Gasteiger partial charge in [0.1, 0.15) is 6.61 Å². The molecule has 0 bridgehead atoms. The van der Waals surface area contributed by atoms with Gasteiger partial charge < -0.3 is 19.3 Å². The van der Waals surface area contributed by atoms with E-state index in [1.54, 1.807) is 13.2 Å². The lowest BCUT2D eigenvalue weighted by atomic mass is 10.2. The zero-order valence-electron chi connectivity index (χ0n) is 11.6. The van der Waals surface area contributed by atoms with Gasteiger partial charge in [0.05, 0.1) is 12.8 Å². The second kappa shape index (κ2) is 7.70. The van der Waals surface area contributed by atoms with E-state index in [9.17, 15) is 8.78 Å². The van der Waals surface area contributed by atoms with E-state index in [1.807, 2.05) is 0 Å². The molecule has 0 fully saturated rings. The number of hydrogen-bond donors (Lipinski definition) is 1. The fourth-order valence-corrected chi connectivity index (χ4v) is 1.72. The van der Waals surface area contributed by atoms with E-state index in [4.69, 9.17) is 14.0 Å². The van der Waals surface area contributed by atoms with Crippen molar-refractivity contribution in [3.63, 3.8) is 0 Å². The largest absolute Gasteiger partial charge is 0.479 e. The second-order valence-corrected chi connectivity index (χ2v) is 4.33. The number of ether oxygens (including phenoxy) is 2. The summed E-state index contributed by atoms with van der Waals surface area (Å²) in [5, 5.41) is 6.49. The van der Waals surface area contributed by atoms with Gasteiger partial charge in [-0.05, 0) is 17.7 Å². The molecule has 0 aliphatic heterocycles. The van der Waals surface area contributed by atoms with Gasteiger partial charge in [-0.1, -0.05) is 5.16 Å². The van der Waals surface area contributed by atoms with Gasteiger partial charge in [-0.25, -0.2) is 8.78 Å². The average Bonchev–Trinajstić information content (AvgIpc) is 2.96. The highest BCUT2D eigenvalue weighted by molar-refractivity contribution is 5.31. The lowest BCUT2D eigenvalue weighted by Gasteiger charge is -2.09. The first-order valence-corrected chi connectivity index (χ1v) is 6.40. The van der Waals surface area contributed by atoms with Gasteiger partial charge >= 0.3 is 0 Å². The van der Waals surface area contributed by atoms with Gasteiger partial charge in [-0.3, -0.25) is 0 Å². The maximum Gasteiger partial charge on any atom is 0.191 e. The van der Waals surface area contributed by atoms with Crippen LogP contribution in [0.3, 0.4) is 0 Å². The first-order valence-electron chi connectivity index (χ1n) is 6.40. The molecule has 0 atom stereocenters. The molecule has 1 heterocycles. The zero-order valence-corrected chi connectivity index (χ0v) is 11.6. The molecule has 7 heteroatoms. The van der Waals surface area contributed by atoms with Crippen molar-refractivity contribution in [2.24, 2.45) is 0 Å². The maximum atomic E-state index is 13.9. The van der Waals surface area contributed by atoms with Crippen LogP contribution >= 0.6 is 0 Å². The highest BCUT2D eigenvalue weighted by Crippen LogP contribution is 2.24. The third kappa shape index (κ3) is 4.51. The van der Waals surface area contributed by atoms with Crippen LogP contribution < -0.4 is 10.1 Å². The van der Waals surface area contributed by atoms with E-state index < -0.39 is 17.4 Å². The van der Waals surface area contributed by atoms with E-state index in [-0.39, 0.29) is 6.61 Å². The normalized spacial score (nSPS) is 10.8. The van der Waals surface area contributed by atoms with E-state index in [1.165, 1.54) is 18.3 Å². The first-order chi connectivity index (χ1) is 10.2. The molecular weight excluding hydrogens is 282 g/mol. The van der Waals surface area contributed by atoms with Crippen LogP contribution in [0.4, 0.5) is 8.78 Å². The summed E-state index contributed by atoms with van der Waals surface area (Å²) in [6, 6.07) is 4.03. The van der Waals surface area contributed by atoms with E-state index in [0.29, 0.717) is 31.0 Å². The fraction of sp³-hybridized carbons (Fsp3) is 0.357. The number of nitrogens with one attached hydrogen (secondary N) is 1. The summed E-state index contributed by atoms with van der Waals surface area (Å²) < 4.78 is 42.5. The molecule has 1 aromatic carbocycles. The van der Waals surface area contributed by atoms with Crippen LogP contribution in [0, 0.1) is 11.6 Å². The second-order valence-electron chi connectivity index (χ2n) is 4.33. The molecule has 0 radical (unpaired) electrons. The average molecular weight is 298 g/mol. The molecule has 0 aliphatic rings. The number of benzene rings is 1. The zero-order chi connectivity index (χ0) is 15.1. The molecule has 5 nitrogen and oxygen atoms in total. The van der Waals surface area contributed by atoms with Crippen LogP contribution in [0.25, 0.3) is 0 Å². The van der Waals surface area contributed by atoms with Crippen molar-refractivity contribution in [2.45, 2.75) is 13.2 Å². The molecule has 2 rings (SSSR count). The van der Waals surface area contributed by atoms with Crippen molar-refractivity contribution in [2.75, 3.05) is 20.3 Å². The van der Waals surface area contributed by atoms with Gasteiger partial charge in [0, 0.05) is 26.3 Å². The predicted molar refractivity (Wildman–Crippen MR) is 70.8 cm³/mol. The van der Waals surface area contributed by atoms with Crippen LogP contribution in [-0.2, 0) is 17.9 Å². The van der Waals surface area contributed by atoms with Crippen molar-refractivity contribution in [3.05, 3.63) is 47.4 Å². The van der Waals surface area contributed by atoms with Gasteiger partial charge in [-0.15, -0.1) is 0 Å². The van der Waals surface area contributed by atoms with Gasteiger partial charge in [0.25, 0.3) is 0 Å². The van der Waals surface area contributed by atoms with E-state index in [2.05, 4.69) is 10.5 Å². The summed E-state index contributed by atoms with van der Waals surface area (Å²) in [6.07, 6.45) is 1.43. The van der Waals surface area contributed by atoms with Crippen LogP contribution in [0.2, 0.25) is 0 Å². The molecule has 0 unspecified atom stereocenters. The third-order valence-electron chi connectivity index (χ3n) is 2.72. The van der Waals surface area contributed by atoms with Gasteiger partial charge in [-0.2, -0.15) is 0 Å². The van der Waals surface area contributed by atoms with Crippen LogP contribution in [0.5, 0.6) is 5.75 Å². The van der Waals surface area contributed by atoms with Crippen molar-refractivity contribution in [1.82, 2.24) is 10.5 Å². The highest BCUT2D eigenvalue weighted by atomic mass is 19.1. The Kier molecular flexibility index (Phi) is 5.65. The molecule has 1 aromatic heterocycles. The van der Waals surface area contributed by atoms with E-state index in [0.717, 1.165) is 0 Å². The molecule has 21 heavy (non-hydrogen) atoms. The molecule has 0 spiro atoms. The molecule has 2 aromatic rings. The van der Waals surface area contributed by atoms with Crippen LogP contribution in [0.15, 0.2) is 28.9 Å². The van der Waals surface area contributed by atoms with Gasteiger partial charge in [0.15, 0.2) is 23.1 Å². The van der Waals surface area contributed by atoms with Gasteiger partial charge in [0.2, 0.25) is 0 Å². The lowest BCUT2D eigenvalue weighted by Crippen LogP contribution is -2.18. The SMILES string of the molecule is COCCNCc1cc(F)c(OCc2ccno2)c(F)c1. The Hall–Kier alpha value is -1.99. The number of rotatable bonds is 8. The third-order valence-corrected chi connectivity index (χ3v) is 2.72. The topological polar surface area (TPSA) is 56.5 Å². The number of aromatic nitrogens is 1. The predicted octanol–water partition coefficient (Wildman–Crippen LogP) is 2.27. The number of methoxy groups -OCH3 is 1. The quantitative estimate of drug-likeness (QED) is 0.758. The summed E-state index contributed by atoms with van der Waals surface area (Å²) in [4.78, 5) is 0. The molecular formula is C14H16F2N2O3. The molecule has 0 saturated heterocycles. The van der Waals surface area contributed by atoms with E-state index >= 15 is 0 Å².